The molecule has 5 heteroatoms. The number of aryl methyl sites for hydroxylation is 1. The summed E-state index contributed by atoms with van der Waals surface area (Å²) >= 11 is 0. The van der Waals surface area contributed by atoms with Crippen LogP contribution >= 0.6 is 0 Å². The van der Waals surface area contributed by atoms with E-state index < -0.39 is 12.1 Å². The van der Waals surface area contributed by atoms with Gasteiger partial charge in [0.1, 0.15) is 0 Å². The minimum absolute atomic E-state index is 0.516. The van der Waals surface area contributed by atoms with Crippen LogP contribution in [0.4, 0.5) is 0 Å². The fraction of sp³-hybridized carbons (Fsp3) is 0.550. The Bertz CT molecular complexity index is 850. The van der Waals surface area contributed by atoms with Crippen LogP contribution in [-0.2, 0) is 22.5 Å². The topological polar surface area (TPSA) is 54.7 Å². The first-order chi connectivity index (χ1) is 12.2. The number of para-hydroxylation sites is 1. The summed E-state index contributed by atoms with van der Waals surface area (Å²) < 4.78 is 7.17. The van der Waals surface area contributed by atoms with E-state index in [9.17, 15) is 9.90 Å². The van der Waals surface area contributed by atoms with E-state index >= 15 is 0 Å². The van der Waals surface area contributed by atoms with Crippen LogP contribution in [-0.4, -0.2) is 40.7 Å². The molecule has 5 nitrogen and oxygen atoms in total. The number of methoxy groups -OCH3 is 1. The average Bonchev–Trinajstić information content (AvgIpc) is 3.00. The summed E-state index contributed by atoms with van der Waals surface area (Å²) in [5.74, 6) is 0.158. The third kappa shape index (κ3) is 2.06. The number of carbonyl (C=O) groups is 1. The van der Waals surface area contributed by atoms with E-state index in [0.29, 0.717) is 11.6 Å². The number of aliphatic hydroxyl groups is 1. The Morgan fingerprint density at radius 3 is 3.00 bits per heavy atom. The molecule has 3 aliphatic heterocycles. The standard InChI is InChI=1S/C20H24N2O3/c1-25-20(24)19(23)15-6-2-5-13-14-8-10-21-9-3-4-12-7-11-22(17(13)15)18(14)16(12)21/h2,5-6,12,16,19,23H,3-4,7-11H2,1H3/t12-,16+,19?/m0/s1. The van der Waals surface area contributed by atoms with E-state index in [-0.39, 0.29) is 0 Å². The summed E-state index contributed by atoms with van der Waals surface area (Å²) in [7, 11) is 1.32. The molecule has 3 atom stereocenters. The number of aliphatic hydroxyl groups excluding tert-OH is 1. The molecule has 0 spiro atoms. The molecule has 2 aromatic rings. The molecular weight excluding hydrogens is 316 g/mol. The zero-order chi connectivity index (χ0) is 17.1. The van der Waals surface area contributed by atoms with Crippen molar-refractivity contribution in [3.05, 3.63) is 35.0 Å². The highest BCUT2D eigenvalue weighted by molar-refractivity contribution is 5.92. The van der Waals surface area contributed by atoms with E-state index in [4.69, 9.17) is 4.74 Å². The van der Waals surface area contributed by atoms with Crippen molar-refractivity contribution in [2.24, 2.45) is 5.92 Å². The van der Waals surface area contributed by atoms with Gasteiger partial charge in [-0.25, -0.2) is 4.79 Å². The van der Waals surface area contributed by atoms with E-state index in [1.54, 1.807) is 0 Å². The third-order valence-corrected chi connectivity index (χ3v) is 6.49. The van der Waals surface area contributed by atoms with Crippen LogP contribution < -0.4 is 0 Å². The van der Waals surface area contributed by atoms with Crippen molar-refractivity contribution in [2.75, 3.05) is 20.2 Å². The first kappa shape index (κ1) is 15.4. The molecule has 5 rings (SSSR count). The van der Waals surface area contributed by atoms with Gasteiger partial charge in [0, 0.05) is 29.7 Å². The Morgan fingerprint density at radius 2 is 2.16 bits per heavy atom. The predicted octanol–water partition coefficient (Wildman–Crippen LogP) is 2.56. The van der Waals surface area contributed by atoms with Gasteiger partial charge in [-0.3, -0.25) is 4.90 Å². The monoisotopic (exact) mass is 340 g/mol. The van der Waals surface area contributed by atoms with E-state index in [2.05, 4.69) is 15.5 Å². The summed E-state index contributed by atoms with van der Waals surface area (Å²) in [5, 5.41) is 11.7. The molecule has 1 aromatic carbocycles. The fourth-order valence-electron chi connectivity index (χ4n) is 5.47. The molecule has 1 saturated heterocycles. The molecule has 4 heterocycles. The average molecular weight is 340 g/mol. The maximum absolute atomic E-state index is 11.9. The number of piperidine rings is 1. The van der Waals surface area contributed by atoms with E-state index in [1.807, 2.05) is 12.1 Å². The predicted molar refractivity (Wildman–Crippen MR) is 94.3 cm³/mol. The second-order valence-corrected chi connectivity index (χ2v) is 7.61. The quantitative estimate of drug-likeness (QED) is 0.854. The lowest BCUT2D eigenvalue weighted by Gasteiger charge is -2.47. The van der Waals surface area contributed by atoms with Gasteiger partial charge in [-0.1, -0.05) is 18.2 Å². The van der Waals surface area contributed by atoms with Gasteiger partial charge in [0.25, 0.3) is 0 Å². The highest BCUT2D eigenvalue weighted by Crippen LogP contribution is 2.49. The van der Waals surface area contributed by atoms with Crippen molar-refractivity contribution in [1.82, 2.24) is 9.47 Å². The molecule has 0 radical (unpaired) electrons. The summed E-state index contributed by atoms with van der Waals surface area (Å²) in [6, 6.07) is 6.49. The van der Waals surface area contributed by atoms with Gasteiger partial charge in [-0.2, -0.15) is 0 Å². The van der Waals surface area contributed by atoms with E-state index in [1.165, 1.54) is 49.6 Å². The number of ether oxygens (including phenoxy) is 1. The second-order valence-electron chi connectivity index (χ2n) is 7.61. The highest BCUT2D eigenvalue weighted by atomic mass is 16.5. The van der Waals surface area contributed by atoms with E-state index in [0.717, 1.165) is 30.9 Å². The van der Waals surface area contributed by atoms with Crippen molar-refractivity contribution in [3.63, 3.8) is 0 Å². The number of hydrogen-bond donors (Lipinski definition) is 1. The molecule has 0 amide bonds. The Kier molecular flexibility index (Phi) is 3.44. The highest BCUT2D eigenvalue weighted by Gasteiger charge is 2.42. The molecular formula is C20H24N2O3. The van der Waals surface area contributed by atoms with Crippen LogP contribution in [0.1, 0.15) is 48.2 Å². The normalized spacial score (nSPS) is 26.3. The Hall–Kier alpha value is -1.85. The van der Waals surface area contributed by atoms with Gasteiger partial charge < -0.3 is 14.4 Å². The zero-order valence-corrected chi connectivity index (χ0v) is 14.6. The minimum atomic E-state index is -1.22. The number of hydrogen-bond acceptors (Lipinski definition) is 4. The molecule has 3 aliphatic rings. The summed E-state index contributed by atoms with van der Waals surface area (Å²) in [4.78, 5) is 14.6. The lowest BCUT2D eigenvalue weighted by atomic mass is 9.79. The zero-order valence-electron chi connectivity index (χ0n) is 14.6. The van der Waals surface area contributed by atoms with Crippen LogP contribution in [0.5, 0.6) is 0 Å². The smallest absolute Gasteiger partial charge is 0.339 e. The molecule has 1 N–H and O–H groups in total. The molecule has 0 aliphatic carbocycles. The molecule has 25 heavy (non-hydrogen) atoms. The summed E-state index contributed by atoms with van der Waals surface area (Å²) in [6.07, 6.45) is 3.64. The first-order valence-electron chi connectivity index (χ1n) is 9.34. The van der Waals surface area contributed by atoms with Gasteiger partial charge in [-0.05, 0) is 43.7 Å². The van der Waals surface area contributed by atoms with Gasteiger partial charge in [-0.15, -0.1) is 0 Å². The van der Waals surface area contributed by atoms with Crippen LogP contribution in [0, 0.1) is 5.92 Å². The van der Waals surface area contributed by atoms with Crippen molar-refractivity contribution in [1.29, 1.82) is 0 Å². The molecule has 132 valence electrons. The van der Waals surface area contributed by atoms with Crippen LogP contribution in [0.2, 0.25) is 0 Å². The number of esters is 1. The first-order valence-corrected chi connectivity index (χ1v) is 9.34. The second kappa shape index (κ2) is 5.58. The number of nitrogens with zero attached hydrogens (tertiary/aromatic N) is 2. The lowest BCUT2D eigenvalue weighted by Crippen LogP contribution is -2.46. The van der Waals surface area contributed by atoms with Crippen molar-refractivity contribution >= 4 is 16.9 Å². The molecule has 1 aromatic heterocycles. The summed E-state index contributed by atoms with van der Waals surface area (Å²) in [5.41, 5.74) is 4.60. The number of carbonyl (C=O) groups excluding carboxylic acids is 1. The fourth-order valence-corrected chi connectivity index (χ4v) is 5.47. The van der Waals surface area contributed by atoms with Crippen LogP contribution in [0.25, 0.3) is 10.9 Å². The van der Waals surface area contributed by atoms with Crippen molar-refractivity contribution < 1.29 is 14.6 Å². The van der Waals surface area contributed by atoms with Crippen molar-refractivity contribution in [2.45, 2.75) is 44.4 Å². The van der Waals surface area contributed by atoms with Crippen LogP contribution in [0.3, 0.4) is 0 Å². The lowest BCUT2D eigenvalue weighted by molar-refractivity contribution is -0.150. The van der Waals surface area contributed by atoms with Gasteiger partial charge in [0.15, 0.2) is 6.10 Å². The Labute approximate surface area is 147 Å². The maximum atomic E-state index is 11.9. The molecule has 0 bridgehead atoms. The Balaban J connectivity index is 1.75. The number of benzene rings is 1. The van der Waals surface area contributed by atoms with Gasteiger partial charge in [0.2, 0.25) is 0 Å². The molecule has 1 fully saturated rings. The molecule has 1 unspecified atom stereocenters. The number of rotatable bonds is 2. The number of fused-ring (bicyclic) bond motifs is 3. The molecule has 0 saturated carbocycles. The number of aromatic nitrogens is 1. The van der Waals surface area contributed by atoms with Crippen molar-refractivity contribution in [3.8, 4) is 0 Å². The Morgan fingerprint density at radius 1 is 1.28 bits per heavy atom. The largest absolute Gasteiger partial charge is 0.467 e. The SMILES string of the molecule is COC(=O)C(O)c1cccc2c3c4n(c12)CC[C@@H]1CCCN(CC3)[C@@H]41. The van der Waals surface area contributed by atoms with Crippen LogP contribution in [0.15, 0.2) is 18.2 Å². The summed E-state index contributed by atoms with van der Waals surface area (Å²) in [6.45, 7) is 3.29. The van der Waals surface area contributed by atoms with Gasteiger partial charge >= 0.3 is 5.97 Å². The third-order valence-electron chi connectivity index (χ3n) is 6.49. The van der Waals surface area contributed by atoms with Gasteiger partial charge in [0.05, 0.1) is 18.7 Å². The maximum Gasteiger partial charge on any atom is 0.339 e. The minimum Gasteiger partial charge on any atom is -0.467 e.